The Bertz CT molecular complexity index is 1890. The molecule has 2 atom stereocenters. The summed E-state index contributed by atoms with van der Waals surface area (Å²) >= 11 is 3.46. The van der Waals surface area contributed by atoms with Gasteiger partial charge in [-0.25, -0.2) is 9.78 Å². The van der Waals surface area contributed by atoms with Crippen LogP contribution in [0.15, 0.2) is 83.4 Å². The first-order valence-corrected chi connectivity index (χ1v) is 14.6. The maximum Gasteiger partial charge on any atom is 0.339 e. The first kappa shape index (κ1) is 29.1. The van der Waals surface area contributed by atoms with Gasteiger partial charge in [-0.3, -0.25) is 29.4 Å². The van der Waals surface area contributed by atoms with E-state index < -0.39 is 23.3 Å². The Kier molecular flexibility index (Phi) is 7.64. The molecule has 2 heterocycles. The molecule has 0 saturated carbocycles. The standard InChI is InChI=1S/C33H24BrN3O7/c1-18-13-21(34)15-26-27(33(41)44-17-29(38)20-5-4-6-23(14-20)37(42)43)16-28(35-30(18)26)19-9-11-22(12-10-19)36-31(39)24-7-2-3-8-25(24)32(36)40/h2-6,9-16,24-25H,7-8,17H2,1H3. The van der Waals surface area contributed by atoms with Crippen LogP contribution in [0.1, 0.15) is 39.1 Å². The average Bonchev–Trinajstić information content (AvgIpc) is 3.28. The second-order valence-corrected chi connectivity index (χ2v) is 11.6. The van der Waals surface area contributed by atoms with Crippen molar-refractivity contribution in [3.8, 4) is 11.3 Å². The third-order valence-corrected chi connectivity index (χ3v) is 8.39. The third kappa shape index (κ3) is 5.30. The normalized spacial score (nSPS) is 17.5. The van der Waals surface area contributed by atoms with Crippen LogP contribution < -0.4 is 4.90 Å². The van der Waals surface area contributed by atoms with E-state index in [0.29, 0.717) is 40.7 Å². The average molecular weight is 654 g/mol. The molecule has 3 aromatic carbocycles. The highest BCUT2D eigenvalue weighted by molar-refractivity contribution is 9.10. The molecule has 2 unspecified atom stereocenters. The van der Waals surface area contributed by atoms with Crippen molar-refractivity contribution >= 4 is 61.8 Å². The number of hydrogen-bond acceptors (Lipinski definition) is 8. The quantitative estimate of drug-likeness (QED) is 0.0560. The number of benzene rings is 3. The number of imide groups is 1. The highest BCUT2D eigenvalue weighted by atomic mass is 79.9. The molecule has 0 radical (unpaired) electrons. The number of pyridine rings is 1. The second kappa shape index (κ2) is 11.6. The molecular formula is C33H24BrN3O7. The fraction of sp³-hybridized carbons (Fsp3) is 0.182. The summed E-state index contributed by atoms with van der Waals surface area (Å²) < 4.78 is 6.11. The number of amides is 2. The number of carbonyl (C=O) groups is 4. The number of allylic oxidation sites excluding steroid dienone is 2. The van der Waals surface area contributed by atoms with Crippen LogP contribution in [-0.4, -0.2) is 40.1 Å². The fourth-order valence-corrected chi connectivity index (χ4v) is 6.27. The van der Waals surface area contributed by atoms with Gasteiger partial charge in [-0.15, -0.1) is 0 Å². The van der Waals surface area contributed by atoms with Gasteiger partial charge in [0.2, 0.25) is 17.6 Å². The monoisotopic (exact) mass is 653 g/mol. The zero-order valence-electron chi connectivity index (χ0n) is 23.4. The molecule has 4 aromatic rings. The molecule has 2 amide bonds. The predicted octanol–water partition coefficient (Wildman–Crippen LogP) is 6.38. The van der Waals surface area contributed by atoms with Crippen molar-refractivity contribution in [2.24, 2.45) is 11.8 Å². The molecule has 10 nitrogen and oxygen atoms in total. The van der Waals surface area contributed by atoms with Gasteiger partial charge in [0.1, 0.15) is 0 Å². The number of halogens is 1. The van der Waals surface area contributed by atoms with E-state index in [4.69, 9.17) is 9.72 Å². The lowest BCUT2D eigenvalue weighted by atomic mass is 9.85. The number of nitro benzene ring substituents is 1. The van der Waals surface area contributed by atoms with Gasteiger partial charge in [-0.05, 0) is 55.7 Å². The number of non-ortho nitro benzene ring substituents is 1. The molecule has 0 spiro atoms. The van der Waals surface area contributed by atoms with Gasteiger partial charge in [0, 0.05) is 33.1 Å². The van der Waals surface area contributed by atoms with Crippen LogP contribution in [0.4, 0.5) is 11.4 Å². The SMILES string of the molecule is Cc1cc(Br)cc2c(C(=O)OCC(=O)c3cccc([N+](=O)[O-])c3)cc(-c3ccc(N4C(=O)C5CC=CCC5C4=O)cc3)nc12. The van der Waals surface area contributed by atoms with Gasteiger partial charge in [0.15, 0.2) is 6.61 Å². The van der Waals surface area contributed by atoms with Gasteiger partial charge < -0.3 is 4.74 Å². The first-order valence-electron chi connectivity index (χ1n) is 13.8. The molecule has 44 heavy (non-hydrogen) atoms. The van der Waals surface area contributed by atoms with E-state index in [0.717, 1.165) is 16.1 Å². The van der Waals surface area contributed by atoms with Crippen molar-refractivity contribution in [3.05, 3.63) is 110 Å². The Balaban J connectivity index is 1.30. The number of hydrogen-bond donors (Lipinski definition) is 0. The van der Waals surface area contributed by atoms with Crippen LogP contribution in [-0.2, 0) is 14.3 Å². The molecule has 1 saturated heterocycles. The molecule has 6 rings (SSSR count). The van der Waals surface area contributed by atoms with Gasteiger partial charge in [-0.1, -0.05) is 52.3 Å². The van der Waals surface area contributed by atoms with E-state index in [1.807, 2.05) is 25.1 Å². The Labute approximate surface area is 259 Å². The van der Waals surface area contributed by atoms with E-state index >= 15 is 0 Å². The summed E-state index contributed by atoms with van der Waals surface area (Å²) in [6.45, 7) is 1.24. The summed E-state index contributed by atoms with van der Waals surface area (Å²) in [6, 6.07) is 17.2. The maximum atomic E-state index is 13.4. The minimum Gasteiger partial charge on any atom is -0.454 e. The third-order valence-electron chi connectivity index (χ3n) is 7.93. The number of aryl methyl sites for hydroxylation is 1. The molecule has 2 aliphatic rings. The van der Waals surface area contributed by atoms with Gasteiger partial charge >= 0.3 is 5.97 Å². The Morgan fingerprint density at radius 1 is 1.00 bits per heavy atom. The maximum absolute atomic E-state index is 13.4. The Hall–Kier alpha value is -5.03. The highest BCUT2D eigenvalue weighted by Crippen LogP contribution is 2.38. The topological polar surface area (TPSA) is 137 Å². The summed E-state index contributed by atoms with van der Waals surface area (Å²) in [5.74, 6) is -2.44. The second-order valence-electron chi connectivity index (χ2n) is 10.7. The number of ether oxygens (including phenoxy) is 1. The lowest BCUT2D eigenvalue weighted by Gasteiger charge is -2.16. The zero-order valence-corrected chi connectivity index (χ0v) is 24.9. The van der Waals surface area contributed by atoms with E-state index in [1.54, 1.807) is 36.4 Å². The molecule has 1 aliphatic heterocycles. The van der Waals surface area contributed by atoms with E-state index in [2.05, 4.69) is 15.9 Å². The zero-order chi connectivity index (χ0) is 31.1. The number of nitro groups is 1. The summed E-state index contributed by atoms with van der Waals surface area (Å²) in [7, 11) is 0. The van der Waals surface area contributed by atoms with Crippen molar-refractivity contribution < 1.29 is 28.8 Å². The van der Waals surface area contributed by atoms with Crippen molar-refractivity contribution in [3.63, 3.8) is 0 Å². The highest BCUT2D eigenvalue weighted by Gasteiger charge is 2.47. The van der Waals surface area contributed by atoms with Gasteiger partial charge in [-0.2, -0.15) is 0 Å². The summed E-state index contributed by atoms with van der Waals surface area (Å²) in [5.41, 5.74) is 2.88. The van der Waals surface area contributed by atoms with Gasteiger partial charge in [0.05, 0.1) is 39.2 Å². The van der Waals surface area contributed by atoms with Crippen LogP contribution in [0.3, 0.4) is 0 Å². The molecule has 0 bridgehead atoms. The smallest absolute Gasteiger partial charge is 0.339 e. The molecule has 1 fully saturated rings. The predicted molar refractivity (Wildman–Crippen MR) is 165 cm³/mol. The van der Waals surface area contributed by atoms with Crippen LogP contribution >= 0.6 is 15.9 Å². The summed E-state index contributed by atoms with van der Waals surface area (Å²) in [4.78, 5) is 68.7. The lowest BCUT2D eigenvalue weighted by Crippen LogP contribution is -2.30. The molecular weight excluding hydrogens is 630 g/mol. The van der Waals surface area contributed by atoms with Crippen LogP contribution in [0, 0.1) is 28.9 Å². The minimum atomic E-state index is -0.768. The van der Waals surface area contributed by atoms with Crippen molar-refractivity contribution in [2.75, 3.05) is 11.5 Å². The number of nitrogens with zero attached hydrogens (tertiary/aromatic N) is 3. The van der Waals surface area contributed by atoms with E-state index in [9.17, 15) is 29.3 Å². The minimum absolute atomic E-state index is 0.0523. The molecule has 1 aromatic heterocycles. The van der Waals surface area contributed by atoms with E-state index in [-0.39, 0.29) is 40.5 Å². The number of anilines is 1. The first-order chi connectivity index (χ1) is 21.1. The number of rotatable bonds is 7. The van der Waals surface area contributed by atoms with Crippen LogP contribution in [0.2, 0.25) is 0 Å². The van der Waals surface area contributed by atoms with Crippen molar-refractivity contribution in [2.45, 2.75) is 19.8 Å². The largest absolute Gasteiger partial charge is 0.454 e. The number of carbonyl (C=O) groups excluding carboxylic acids is 4. The number of ketones is 1. The van der Waals surface area contributed by atoms with Crippen molar-refractivity contribution in [1.82, 2.24) is 4.98 Å². The molecule has 0 N–H and O–H groups in total. The van der Waals surface area contributed by atoms with Crippen molar-refractivity contribution in [1.29, 1.82) is 0 Å². The van der Waals surface area contributed by atoms with Gasteiger partial charge in [0.25, 0.3) is 5.69 Å². The fourth-order valence-electron chi connectivity index (χ4n) is 5.69. The number of aromatic nitrogens is 1. The lowest BCUT2D eigenvalue weighted by molar-refractivity contribution is -0.384. The Morgan fingerprint density at radius 3 is 2.34 bits per heavy atom. The Morgan fingerprint density at radius 2 is 1.68 bits per heavy atom. The number of fused-ring (bicyclic) bond motifs is 2. The molecule has 1 aliphatic carbocycles. The van der Waals surface area contributed by atoms with E-state index in [1.165, 1.54) is 23.1 Å². The summed E-state index contributed by atoms with van der Waals surface area (Å²) in [5, 5.41) is 11.6. The van der Waals surface area contributed by atoms with Crippen LogP contribution in [0.5, 0.6) is 0 Å². The molecule has 220 valence electrons. The number of esters is 1. The summed E-state index contributed by atoms with van der Waals surface area (Å²) in [6.07, 6.45) is 4.99. The van der Waals surface area contributed by atoms with Crippen LogP contribution in [0.25, 0.3) is 22.2 Å². The number of Topliss-reactive ketones (excluding diaryl/α,β-unsaturated/α-hetero) is 1. The molecule has 11 heteroatoms.